The van der Waals surface area contributed by atoms with Crippen molar-refractivity contribution in [2.24, 2.45) is 11.1 Å². The summed E-state index contributed by atoms with van der Waals surface area (Å²) in [6.45, 7) is 0. The zero-order valence-corrected chi connectivity index (χ0v) is 18.4. The molecule has 0 amide bonds. The molecule has 0 aliphatic heterocycles. The molecule has 1 aliphatic rings. The monoisotopic (exact) mass is 477 g/mol. The molecular formula is C20H22ClF2NO4S2. The average Bonchev–Trinajstić information content (AvgIpc) is 2.68. The van der Waals surface area contributed by atoms with Crippen molar-refractivity contribution in [3.8, 4) is 0 Å². The van der Waals surface area contributed by atoms with Gasteiger partial charge in [-0.25, -0.2) is 30.8 Å². The smallest absolute Gasteiger partial charge is 0.209 e. The highest BCUT2D eigenvalue weighted by molar-refractivity contribution is 7.92. The van der Waals surface area contributed by atoms with E-state index in [1.807, 2.05) is 0 Å². The fourth-order valence-electron chi connectivity index (χ4n) is 4.13. The Bertz CT molecular complexity index is 1130. The first kappa shape index (κ1) is 23.1. The lowest BCUT2D eigenvalue weighted by molar-refractivity contribution is 0.281. The molecule has 0 atom stereocenters. The van der Waals surface area contributed by atoms with Crippen LogP contribution in [0.2, 0.25) is 5.02 Å². The van der Waals surface area contributed by atoms with Crippen molar-refractivity contribution >= 4 is 31.5 Å². The van der Waals surface area contributed by atoms with E-state index in [4.69, 9.17) is 16.7 Å². The minimum Gasteiger partial charge on any atom is -0.229 e. The molecule has 30 heavy (non-hydrogen) atoms. The minimum absolute atomic E-state index is 0.0291. The minimum atomic E-state index is -4.11. The van der Waals surface area contributed by atoms with Crippen LogP contribution in [0.4, 0.5) is 8.78 Å². The van der Waals surface area contributed by atoms with E-state index in [0.717, 1.165) is 18.2 Å². The van der Waals surface area contributed by atoms with Gasteiger partial charge in [0.1, 0.15) is 16.4 Å². The number of hydrogen-bond donors (Lipinski definition) is 1. The molecule has 0 saturated heterocycles. The lowest BCUT2D eigenvalue weighted by Gasteiger charge is -2.40. The van der Waals surface area contributed by atoms with Crippen LogP contribution in [0.15, 0.2) is 47.4 Å². The molecule has 164 valence electrons. The maximum atomic E-state index is 14.8. The first-order valence-electron chi connectivity index (χ1n) is 9.41. The van der Waals surface area contributed by atoms with Crippen molar-refractivity contribution in [2.75, 3.05) is 5.75 Å². The summed E-state index contributed by atoms with van der Waals surface area (Å²) in [5.41, 5.74) is -0.206. The van der Waals surface area contributed by atoms with Crippen molar-refractivity contribution in [2.45, 2.75) is 41.7 Å². The largest absolute Gasteiger partial charge is 0.229 e. The molecule has 5 nitrogen and oxygen atoms in total. The van der Waals surface area contributed by atoms with Gasteiger partial charge < -0.3 is 0 Å². The molecule has 2 aromatic carbocycles. The Balaban J connectivity index is 2.03. The van der Waals surface area contributed by atoms with Crippen LogP contribution in [-0.2, 0) is 24.6 Å². The Morgan fingerprint density at radius 1 is 1.00 bits per heavy atom. The van der Waals surface area contributed by atoms with Gasteiger partial charge in [0.15, 0.2) is 9.84 Å². The van der Waals surface area contributed by atoms with Gasteiger partial charge in [0.2, 0.25) is 10.0 Å². The van der Waals surface area contributed by atoms with Gasteiger partial charge in [-0.1, -0.05) is 11.6 Å². The number of benzene rings is 2. The first-order chi connectivity index (χ1) is 13.9. The summed E-state index contributed by atoms with van der Waals surface area (Å²) in [5.74, 6) is -1.80. The molecule has 0 spiro atoms. The fraction of sp³-hybridized carbons (Fsp3) is 0.400. The van der Waals surface area contributed by atoms with E-state index in [2.05, 4.69) is 0 Å². The van der Waals surface area contributed by atoms with Gasteiger partial charge in [0, 0.05) is 10.6 Å². The van der Waals surface area contributed by atoms with Crippen LogP contribution in [0.25, 0.3) is 0 Å². The van der Waals surface area contributed by atoms with Crippen molar-refractivity contribution < 1.29 is 25.6 Å². The number of halogens is 3. The van der Waals surface area contributed by atoms with Crippen LogP contribution in [0, 0.1) is 17.6 Å². The lowest BCUT2D eigenvalue weighted by Crippen LogP contribution is -2.41. The molecule has 1 aliphatic carbocycles. The molecule has 1 saturated carbocycles. The van der Waals surface area contributed by atoms with E-state index >= 15 is 0 Å². The van der Waals surface area contributed by atoms with E-state index < -0.39 is 36.2 Å². The summed E-state index contributed by atoms with van der Waals surface area (Å²) in [7, 11) is -7.74. The zero-order valence-electron chi connectivity index (χ0n) is 16.0. The molecule has 0 heterocycles. The lowest BCUT2D eigenvalue weighted by atomic mass is 9.77. The van der Waals surface area contributed by atoms with Crippen LogP contribution in [0.1, 0.15) is 37.7 Å². The van der Waals surface area contributed by atoms with Gasteiger partial charge in [0.25, 0.3) is 0 Å². The van der Waals surface area contributed by atoms with Crippen LogP contribution in [-0.4, -0.2) is 22.6 Å². The number of rotatable bonds is 6. The van der Waals surface area contributed by atoms with E-state index in [9.17, 15) is 25.6 Å². The summed E-state index contributed by atoms with van der Waals surface area (Å²) >= 11 is 5.87. The number of nitrogens with two attached hydrogens (primary N) is 1. The maximum Gasteiger partial charge on any atom is 0.209 e. The standard InChI is InChI=1S/C20H22ClF2NO4S2/c21-15-1-4-17(5-2-15)30(27,28)20(18-13-16(22)3-6-19(18)23)10-7-14(8-11-20)9-12-29(24,25)26/h1-6,13-14H,7-12H2,(H2,24,25,26)/t14-,20+. The van der Waals surface area contributed by atoms with E-state index in [1.54, 1.807) is 0 Å². The highest BCUT2D eigenvalue weighted by Crippen LogP contribution is 2.49. The predicted molar refractivity (Wildman–Crippen MR) is 111 cm³/mol. The summed E-state index contributed by atoms with van der Waals surface area (Å²) in [4.78, 5) is -0.0291. The number of hydrogen-bond acceptors (Lipinski definition) is 4. The molecule has 3 rings (SSSR count). The summed E-state index contributed by atoms with van der Waals surface area (Å²) in [6, 6.07) is 8.38. The normalized spacial score (nSPS) is 22.7. The second-order valence-electron chi connectivity index (χ2n) is 7.67. The summed E-state index contributed by atoms with van der Waals surface area (Å²) in [5, 5.41) is 5.42. The van der Waals surface area contributed by atoms with Crippen LogP contribution < -0.4 is 5.14 Å². The van der Waals surface area contributed by atoms with Gasteiger partial charge in [0.05, 0.1) is 10.6 Å². The number of primary sulfonamides is 1. The molecule has 0 unspecified atom stereocenters. The third-order valence-electron chi connectivity index (χ3n) is 5.78. The Labute approximate surface area is 180 Å². The first-order valence-corrected chi connectivity index (χ1v) is 13.0. The number of sulfonamides is 1. The van der Waals surface area contributed by atoms with Crippen molar-refractivity contribution in [3.05, 3.63) is 64.7 Å². The Hall–Kier alpha value is -1.55. The van der Waals surface area contributed by atoms with Gasteiger partial charge in [-0.05, 0) is 80.5 Å². The van der Waals surface area contributed by atoms with Gasteiger partial charge in [-0.3, -0.25) is 0 Å². The van der Waals surface area contributed by atoms with Gasteiger partial charge in [-0.2, -0.15) is 0 Å². The van der Waals surface area contributed by atoms with Gasteiger partial charge >= 0.3 is 0 Å². The average molecular weight is 478 g/mol. The molecular weight excluding hydrogens is 456 g/mol. The number of sulfone groups is 1. The van der Waals surface area contributed by atoms with Gasteiger partial charge in [-0.15, -0.1) is 0 Å². The van der Waals surface area contributed by atoms with Crippen LogP contribution in [0.3, 0.4) is 0 Å². The molecule has 0 radical (unpaired) electrons. The third-order valence-corrected chi connectivity index (χ3v) is 9.39. The highest BCUT2D eigenvalue weighted by Gasteiger charge is 2.50. The zero-order chi connectivity index (χ0) is 22.2. The third kappa shape index (κ3) is 4.69. The Kier molecular flexibility index (Phi) is 6.57. The highest BCUT2D eigenvalue weighted by atomic mass is 35.5. The second kappa shape index (κ2) is 8.53. The SMILES string of the molecule is NS(=O)(=O)CC[C@H]1CC[C@@](c2cc(F)ccc2F)(S(=O)(=O)c2ccc(Cl)cc2)CC1. The van der Waals surface area contributed by atoms with E-state index in [-0.39, 0.29) is 35.0 Å². The predicted octanol–water partition coefficient (Wildman–Crippen LogP) is 4.16. The van der Waals surface area contributed by atoms with Crippen molar-refractivity contribution in [1.29, 1.82) is 0 Å². The van der Waals surface area contributed by atoms with Crippen molar-refractivity contribution in [3.63, 3.8) is 0 Å². The molecule has 0 bridgehead atoms. The molecule has 10 heteroatoms. The Morgan fingerprint density at radius 2 is 1.60 bits per heavy atom. The van der Waals surface area contributed by atoms with Crippen LogP contribution >= 0.6 is 11.6 Å². The Morgan fingerprint density at radius 3 is 2.17 bits per heavy atom. The quantitative estimate of drug-likeness (QED) is 0.676. The van der Waals surface area contributed by atoms with E-state index in [1.165, 1.54) is 24.3 Å². The summed E-state index contributed by atoms with van der Waals surface area (Å²) < 4.78 is 76.9. The molecule has 2 N–H and O–H groups in total. The maximum absolute atomic E-state index is 14.8. The topological polar surface area (TPSA) is 94.3 Å². The molecule has 0 aromatic heterocycles. The van der Waals surface area contributed by atoms with Crippen LogP contribution in [0.5, 0.6) is 0 Å². The molecule has 2 aromatic rings. The fourth-order valence-corrected chi connectivity index (χ4v) is 7.08. The van der Waals surface area contributed by atoms with E-state index in [0.29, 0.717) is 24.3 Å². The molecule has 1 fully saturated rings. The van der Waals surface area contributed by atoms with Crippen molar-refractivity contribution in [1.82, 2.24) is 0 Å². The second-order valence-corrected chi connectivity index (χ2v) is 12.1. The summed E-state index contributed by atoms with van der Waals surface area (Å²) in [6.07, 6.45) is 1.05.